The lowest BCUT2D eigenvalue weighted by Gasteiger charge is -2.01. The third-order valence-electron chi connectivity index (χ3n) is 1.90. The van der Waals surface area contributed by atoms with E-state index in [2.05, 4.69) is 10.3 Å². The maximum atomic E-state index is 11.3. The number of nitrogens with one attached hydrogen (secondary N) is 1. The van der Waals surface area contributed by atoms with Gasteiger partial charge in [0, 0.05) is 23.9 Å². The van der Waals surface area contributed by atoms with Gasteiger partial charge in [0.25, 0.3) is 0 Å². The number of carboxylic acid groups (broad SMARTS) is 1. The third kappa shape index (κ3) is 4.88. The number of nitrogens with zero attached hydrogens (tertiary/aromatic N) is 1. The average Bonchev–Trinajstić information content (AvgIpc) is 2.61. The van der Waals surface area contributed by atoms with Gasteiger partial charge in [0.15, 0.2) is 0 Å². The highest BCUT2D eigenvalue weighted by Gasteiger charge is 2.05. The van der Waals surface area contributed by atoms with Crippen molar-refractivity contribution >= 4 is 23.2 Å². The lowest BCUT2D eigenvalue weighted by atomic mass is 10.2. The molecule has 0 aliphatic heterocycles. The predicted octanol–water partition coefficient (Wildman–Crippen LogP) is 1.32. The van der Waals surface area contributed by atoms with Crippen molar-refractivity contribution in [2.45, 2.75) is 32.7 Å². The average molecular weight is 242 g/mol. The Morgan fingerprint density at radius 2 is 2.25 bits per heavy atom. The lowest BCUT2D eigenvalue weighted by molar-refractivity contribution is -0.137. The molecule has 0 aromatic carbocycles. The zero-order valence-corrected chi connectivity index (χ0v) is 9.84. The van der Waals surface area contributed by atoms with Crippen LogP contribution in [0.4, 0.5) is 0 Å². The van der Waals surface area contributed by atoms with E-state index < -0.39 is 5.97 Å². The summed E-state index contributed by atoms with van der Waals surface area (Å²) in [6.07, 6.45) is 0.651. The second-order valence-corrected chi connectivity index (χ2v) is 4.35. The highest BCUT2D eigenvalue weighted by Crippen LogP contribution is 2.08. The summed E-state index contributed by atoms with van der Waals surface area (Å²) in [5.41, 5.74) is 0.945. The molecule has 88 valence electrons. The standard InChI is InChI=1S/C10H14N2O3S/c1-7-6-16-9(12-7)5-11-8(13)3-2-4-10(14)15/h6H,2-5H2,1H3,(H,11,13)(H,14,15). The van der Waals surface area contributed by atoms with Crippen LogP contribution in [0.3, 0.4) is 0 Å². The molecule has 6 heteroatoms. The van der Waals surface area contributed by atoms with Crippen LogP contribution in [0, 0.1) is 6.92 Å². The zero-order chi connectivity index (χ0) is 12.0. The van der Waals surface area contributed by atoms with Crippen molar-refractivity contribution in [1.29, 1.82) is 0 Å². The van der Waals surface area contributed by atoms with E-state index in [-0.39, 0.29) is 18.7 Å². The monoisotopic (exact) mass is 242 g/mol. The fourth-order valence-electron chi connectivity index (χ4n) is 1.15. The van der Waals surface area contributed by atoms with Crippen molar-refractivity contribution in [3.63, 3.8) is 0 Å². The van der Waals surface area contributed by atoms with Gasteiger partial charge in [-0.15, -0.1) is 11.3 Å². The summed E-state index contributed by atoms with van der Waals surface area (Å²) >= 11 is 1.50. The Kier molecular flexibility index (Phi) is 4.91. The van der Waals surface area contributed by atoms with Crippen LogP contribution in [0.15, 0.2) is 5.38 Å². The minimum Gasteiger partial charge on any atom is -0.481 e. The Morgan fingerprint density at radius 1 is 1.50 bits per heavy atom. The number of rotatable bonds is 6. The number of carbonyl (C=O) groups is 2. The summed E-state index contributed by atoms with van der Waals surface area (Å²) in [5.74, 6) is -1.00. The van der Waals surface area contributed by atoms with Crippen LogP contribution in [0.1, 0.15) is 30.0 Å². The van der Waals surface area contributed by atoms with Crippen molar-refractivity contribution in [2.75, 3.05) is 0 Å². The van der Waals surface area contributed by atoms with Gasteiger partial charge in [-0.3, -0.25) is 9.59 Å². The van der Waals surface area contributed by atoms with E-state index in [1.54, 1.807) is 0 Å². The second kappa shape index (κ2) is 6.22. The molecule has 0 saturated carbocycles. The molecule has 16 heavy (non-hydrogen) atoms. The van der Waals surface area contributed by atoms with Gasteiger partial charge in [0.2, 0.25) is 5.91 Å². The number of carbonyl (C=O) groups excluding carboxylic acids is 1. The zero-order valence-electron chi connectivity index (χ0n) is 9.02. The van der Waals surface area contributed by atoms with Gasteiger partial charge in [-0.2, -0.15) is 0 Å². The quantitative estimate of drug-likeness (QED) is 0.788. The van der Waals surface area contributed by atoms with Crippen molar-refractivity contribution < 1.29 is 14.7 Å². The fraction of sp³-hybridized carbons (Fsp3) is 0.500. The molecule has 1 aromatic rings. The highest BCUT2D eigenvalue weighted by molar-refractivity contribution is 7.09. The molecule has 0 saturated heterocycles. The van der Waals surface area contributed by atoms with E-state index in [9.17, 15) is 9.59 Å². The smallest absolute Gasteiger partial charge is 0.303 e. The van der Waals surface area contributed by atoms with Crippen LogP contribution in [-0.4, -0.2) is 22.0 Å². The first-order valence-electron chi connectivity index (χ1n) is 4.97. The predicted molar refractivity (Wildman–Crippen MR) is 60.2 cm³/mol. The summed E-state index contributed by atoms with van der Waals surface area (Å²) in [7, 11) is 0. The second-order valence-electron chi connectivity index (χ2n) is 3.41. The van der Waals surface area contributed by atoms with Crippen LogP contribution in [0.2, 0.25) is 0 Å². The Morgan fingerprint density at radius 3 is 2.81 bits per heavy atom. The first-order valence-corrected chi connectivity index (χ1v) is 5.85. The minimum atomic E-state index is -0.872. The topological polar surface area (TPSA) is 79.3 Å². The van der Waals surface area contributed by atoms with Crippen LogP contribution in [0.5, 0.6) is 0 Å². The Hall–Kier alpha value is -1.43. The van der Waals surface area contributed by atoms with Crippen molar-refractivity contribution in [3.05, 3.63) is 16.1 Å². The van der Waals surface area contributed by atoms with Gasteiger partial charge in [-0.25, -0.2) is 4.98 Å². The van der Waals surface area contributed by atoms with E-state index in [4.69, 9.17) is 5.11 Å². The number of carboxylic acids is 1. The Balaban J connectivity index is 2.17. The molecule has 5 nitrogen and oxygen atoms in total. The Bertz CT molecular complexity index is 376. The molecule has 1 amide bonds. The fourth-order valence-corrected chi connectivity index (χ4v) is 1.86. The molecule has 1 rings (SSSR count). The van der Waals surface area contributed by atoms with Crippen LogP contribution < -0.4 is 5.32 Å². The summed E-state index contributed by atoms with van der Waals surface area (Å²) in [4.78, 5) is 25.7. The molecule has 0 radical (unpaired) electrons. The molecule has 0 spiro atoms. The van der Waals surface area contributed by atoms with Crippen molar-refractivity contribution in [1.82, 2.24) is 10.3 Å². The van der Waals surface area contributed by atoms with Crippen molar-refractivity contribution in [3.8, 4) is 0 Å². The number of amides is 1. The number of aliphatic carboxylic acids is 1. The summed E-state index contributed by atoms with van der Waals surface area (Å²) in [6.45, 7) is 2.32. The summed E-state index contributed by atoms with van der Waals surface area (Å²) in [6, 6.07) is 0. The normalized spacial score (nSPS) is 10.1. The third-order valence-corrected chi connectivity index (χ3v) is 2.86. The molecular formula is C10H14N2O3S. The molecule has 0 aliphatic rings. The van der Waals surface area contributed by atoms with Crippen LogP contribution in [0.25, 0.3) is 0 Å². The molecule has 0 fully saturated rings. The van der Waals surface area contributed by atoms with Crippen LogP contribution in [-0.2, 0) is 16.1 Å². The molecule has 0 aliphatic carbocycles. The number of thiazole rings is 1. The van der Waals surface area contributed by atoms with Gasteiger partial charge in [0.05, 0.1) is 6.54 Å². The maximum absolute atomic E-state index is 11.3. The highest BCUT2D eigenvalue weighted by atomic mass is 32.1. The van der Waals surface area contributed by atoms with Gasteiger partial charge in [-0.05, 0) is 13.3 Å². The van der Waals surface area contributed by atoms with Gasteiger partial charge < -0.3 is 10.4 Å². The first kappa shape index (κ1) is 12.6. The van der Waals surface area contributed by atoms with E-state index in [0.29, 0.717) is 13.0 Å². The van der Waals surface area contributed by atoms with E-state index in [0.717, 1.165) is 10.7 Å². The van der Waals surface area contributed by atoms with Gasteiger partial charge >= 0.3 is 5.97 Å². The number of aryl methyl sites for hydroxylation is 1. The lowest BCUT2D eigenvalue weighted by Crippen LogP contribution is -2.22. The molecule has 0 bridgehead atoms. The molecular weight excluding hydrogens is 228 g/mol. The summed E-state index contributed by atoms with van der Waals surface area (Å²) < 4.78 is 0. The van der Waals surface area contributed by atoms with Crippen molar-refractivity contribution in [2.24, 2.45) is 0 Å². The SMILES string of the molecule is Cc1csc(CNC(=O)CCCC(=O)O)n1. The number of hydrogen-bond acceptors (Lipinski definition) is 4. The summed E-state index contributed by atoms with van der Waals surface area (Å²) in [5, 5.41) is 13.9. The molecule has 2 N–H and O–H groups in total. The largest absolute Gasteiger partial charge is 0.481 e. The van der Waals surface area contributed by atoms with E-state index >= 15 is 0 Å². The first-order chi connectivity index (χ1) is 7.58. The molecule has 0 unspecified atom stereocenters. The van der Waals surface area contributed by atoms with Gasteiger partial charge in [-0.1, -0.05) is 0 Å². The number of aromatic nitrogens is 1. The molecule has 1 aromatic heterocycles. The Labute approximate surface area is 97.5 Å². The van der Waals surface area contributed by atoms with Gasteiger partial charge in [0.1, 0.15) is 5.01 Å². The van der Waals surface area contributed by atoms with E-state index in [1.807, 2.05) is 12.3 Å². The minimum absolute atomic E-state index is 0.0315. The molecule has 0 atom stereocenters. The maximum Gasteiger partial charge on any atom is 0.303 e. The van der Waals surface area contributed by atoms with E-state index in [1.165, 1.54) is 11.3 Å². The van der Waals surface area contributed by atoms with Crippen LogP contribution >= 0.6 is 11.3 Å². The number of hydrogen-bond donors (Lipinski definition) is 2. The molecule has 1 heterocycles.